The highest BCUT2D eigenvalue weighted by Gasteiger charge is 2.43. The summed E-state index contributed by atoms with van der Waals surface area (Å²) in [5.74, 6) is -0.00320. The molecule has 0 amide bonds. The molecule has 2 aliphatic heterocycles. The van der Waals surface area contributed by atoms with Crippen LogP contribution in [0.4, 0.5) is 0 Å². The van der Waals surface area contributed by atoms with Gasteiger partial charge in [0.15, 0.2) is 5.78 Å². The van der Waals surface area contributed by atoms with E-state index in [4.69, 9.17) is 9.47 Å². The lowest BCUT2D eigenvalue weighted by atomic mass is 9.71. The molecule has 208 valence electrons. The van der Waals surface area contributed by atoms with Crippen molar-refractivity contribution in [1.29, 1.82) is 0 Å². The Morgan fingerprint density at radius 1 is 1.07 bits per heavy atom. The van der Waals surface area contributed by atoms with Crippen LogP contribution in [0.15, 0.2) is 77.3 Å². The quantitative estimate of drug-likeness (QED) is 0.382. The molecule has 1 fully saturated rings. The number of ether oxygens (including phenoxy) is 2. The van der Waals surface area contributed by atoms with Gasteiger partial charge in [-0.25, -0.2) is 4.79 Å². The van der Waals surface area contributed by atoms with Gasteiger partial charge in [0.05, 0.1) is 12.7 Å². The Morgan fingerprint density at radius 2 is 1.90 bits per heavy atom. The smallest absolute Gasteiger partial charge is 0.337 e. The fourth-order valence-electron chi connectivity index (χ4n) is 6.83. The number of hydrogen-bond donors (Lipinski definition) is 2. The van der Waals surface area contributed by atoms with Crippen LogP contribution in [-0.2, 0) is 14.3 Å². The molecule has 7 heteroatoms. The molecule has 0 spiro atoms. The Morgan fingerprint density at radius 3 is 2.73 bits per heavy atom. The number of likely N-dealkylation sites (tertiary alicyclic amines) is 1. The number of nitrogens with one attached hydrogen (secondary N) is 2. The number of aromatic nitrogens is 1. The molecule has 0 saturated carbocycles. The second-order valence-corrected chi connectivity index (χ2v) is 11.2. The summed E-state index contributed by atoms with van der Waals surface area (Å²) < 4.78 is 11.8. The maximum absolute atomic E-state index is 14.1. The highest BCUT2D eigenvalue weighted by molar-refractivity contribution is 6.05. The van der Waals surface area contributed by atoms with Crippen molar-refractivity contribution in [2.24, 2.45) is 0 Å². The molecule has 7 nitrogen and oxygen atoms in total. The molecule has 3 heterocycles. The lowest BCUT2D eigenvalue weighted by molar-refractivity contribution is -0.144. The number of aromatic amines is 1. The van der Waals surface area contributed by atoms with E-state index in [0.717, 1.165) is 71.6 Å². The van der Waals surface area contributed by atoms with Crippen molar-refractivity contribution < 1.29 is 19.1 Å². The van der Waals surface area contributed by atoms with E-state index >= 15 is 0 Å². The molecule has 6 rings (SSSR count). The number of benzene rings is 2. The van der Waals surface area contributed by atoms with E-state index in [9.17, 15) is 9.59 Å². The van der Waals surface area contributed by atoms with Gasteiger partial charge >= 0.3 is 5.97 Å². The Balaban J connectivity index is 1.40. The van der Waals surface area contributed by atoms with Gasteiger partial charge < -0.3 is 19.8 Å². The van der Waals surface area contributed by atoms with E-state index in [2.05, 4.69) is 22.1 Å². The summed E-state index contributed by atoms with van der Waals surface area (Å²) in [5.41, 5.74) is 5.79. The molecule has 1 unspecified atom stereocenters. The lowest BCUT2D eigenvalue weighted by Crippen LogP contribution is -2.37. The van der Waals surface area contributed by atoms with Crippen LogP contribution >= 0.6 is 0 Å². The number of dihydropyridines is 1. The molecule has 2 aromatic carbocycles. The molecule has 3 aromatic rings. The number of para-hydroxylation sites is 1. The van der Waals surface area contributed by atoms with Crippen molar-refractivity contribution in [2.45, 2.75) is 57.5 Å². The number of hydrogen-bond acceptors (Lipinski definition) is 6. The van der Waals surface area contributed by atoms with Crippen LogP contribution in [0, 0.1) is 0 Å². The van der Waals surface area contributed by atoms with E-state index in [-0.39, 0.29) is 23.8 Å². The summed E-state index contributed by atoms with van der Waals surface area (Å²) >= 11 is 0. The average Bonchev–Trinajstić information content (AvgIpc) is 3.61. The summed E-state index contributed by atoms with van der Waals surface area (Å²) in [6.07, 6.45) is 4.69. The fraction of sp³-hybridized carbons (Fsp3) is 0.394. The maximum Gasteiger partial charge on any atom is 0.337 e. The van der Waals surface area contributed by atoms with Gasteiger partial charge in [-0.15, -0.1) is 0 Å². The molecule has 0 radical (unpaired) electrons. The number of fused-ring (bicyclic) bond motifs is 1. The van der Waals surface area contributed by atoms with Gasteiger partial charge in [-0.2, -0.15) is 0 Å². The lowest BCUT2D eigenvalue weighted by Gasteiger charge is -2.37. The SMILES string of the molecule is CCCN1CC[C@@H](OC(=O)C2=C(C)NC3=C(C(=O)C[C@H](c4ccccc4OC)C3)C2c2cccc3[nH]ccc23)C1. The van der Waals surface area contributed by atoms with E-state index in [0.29, 0.717) is 24.0 Å². The van der Waals surface area contributed by atoms with Crippen LogP contribution in [0.25, 0.3) is 10.9 Å². The number of esters is 1. The topological polar surface area (TPSA) is 83.7 Å². The number of methoxy groups -OCH3 is 1. The van der Waals surface area contributed by atoms with Gasteiger partial charge in [0.25, 0.3) is 0 Å². The van der Waals surface area contributed by atoms with Crippen LogP contribution < -0.4 is 10.1 Å². The van der Waals surface area contributed by atoms with Gasteiger partial charge in [-0.1, -0.05) is 37.3 Å². The van der Waals surface area contributed by atoms with E-state index in [1.807, 2.05) is 61.7 Å². The second-order valence-electron chi connectivity index (χ2n) is 11.2. The molecule has 0 bridgehead atoms. The summed E-state index contributed by atoms with van der Waals surface area (Å²) in [6, 6.07) is 16.0. The number of rotatable bonds is 7. The first-order chi connectivity index (χ1) is 19.5. The molecule has 40 heavy (non-hydrogen) atoms. The number of carbonyl (C=O) groups excluding carboxylic acids is 2. The molecular weight excluding hydrogens is 502 g/mol. The minimum Gasteiger partial charge on any atom is -0.496 e. The summed E-state index contributed by atoms with van der Waals surface area (Å²) in [4.78, 5) is 33.7. The Hall–Kier alpha value is -3.84. The molecule has 1 aromatic heterocycles. The molecule has 1 aliphatic carbocycles. The van der Waals surface area contributed by atoms with Crippen molar-refractivity contribution in [3.8, 4) is 5.75 Å². The zero-order chi connectivity index (χ0) is 27.8. The standard InChI is InChI=1S/C33H37N3O4/c1-4-15-36-16-13-22(19-36)40-33(38)30-20(2)35-27-17-21(23-8-5-6-11-29(23)39-3)18-28(37)32(27)31(30)25-9-7-10-26-24(25)12-14-34-26/h5-12,14,21-22,31,34-35H,4,13,15-19H2,1-3H3/t21-,22-,31?/m1/s1. The second kappa shape index (κ2) is 11.0. The molecular formula is C33H37N3O4. The largest absolute Gasteiger partial charge is 0.496 e. The van der Waals surface area contributed by atoms with Crippen LogP contribution in [0.1, 0.15) is 62.5 Å². The Kier molecular flexibility index (Phi) is 7.24. The monoisotopic (exact) mass is 539 g/mol. The number of nitrogens with zero attached hydrogens (tertiary/aromatic N) is 1. The number of allylic oxidation sites excluding steroid dienone is 3. The highest BCUT2D eigenvalue weighted by atomic mass is 16.5. The first-order valence-electron chi connectivity index (χ1n) is 14.3. The third-order valence-electron chi connectivity index (χ3n) is 8.61. The van der Waals surface area contributed by atoms with Crippen LogP contribution in [0.3, 0.4) is 0 Å². The van der Waals surface area contributed by atoms with Crippen molar-refractivity contribution in [1.82, 2.24) is 15.2 Å². The maximum atomic E-state index is 14.1. The average molecular weight is 540 g/mol. The van der Waals surface area contributed by atoms with Gasteiger partial charge in [-0.05, 0) is 62.1 Å². The van der Waals surface area contributed by atoms with Crippen molar-refractivity contribution in [2.75, 3.05) is 26.7 Å². The van der Waals surface area contributed by atoms with Gasteiger partial charge in [0, 0.05) is 65.4 Å². The van der Waals surface area contributed by atoms with Crippen LogP contribution in [0.5, 0.6) is 5.75 Å². The van der Waals surface area contributed by atoms with Gasteiger partial charge in [0.2, 0.25) is 0 Å². The van der Waals surface area contributed by atoms with Gasteiger partial charge in [-0.3, -0.25) is 9.69 Å². The number of H-pyrrole nitrogens is 1. The van der Waals surface area contributed by atoms with Crippen LogP contribution in [-0.4, -0.2) is 54.5 Å². The minimum absolute atomic E-state index is 0.0112. The van der Waals surface area contributed by atoms with Crippen LogP contribution in [0.2, 0.25) is 0 Å². The molecule has 2 N–H and O–H groups in total. The third-order valence-corrected chi connectivity index (χ3v) is 8.61. The fourth-order valence-corrected chi connectivity index (χ4v) is 6.83. The summed E-state index contributed by atoms with van der Waals surface area (Å²) in [5, 5.41) is 4.50. The predicted octanol–water partition coefficient (Wildman–Crippen LogP) is 5.57. The predicted molar refractivity (Wildman–Crippen MR) is 155 cm³/mol. The zero-order valence-electron chi connectivity index (χ0n) is 23.5. The van der Waals surface area contributed by atoms with E-state index < -0.39 is 5.92 Å². The van der Waals surface area contributed by atoms with Gasteiger partial charge in [0.1, 0.15) is 11.9 Å². The zero-order valence-corrected chi connectivity index (χ0v) is 23.5. The summed E-state index contributed by atoms with van der Waals surface area (Å²) in [7, 11) is 1.66. The number of Topliss-reactive ketones (excluding diaryl/α,β-unsaturated/α-hetero) is 1. The Labute approximate surface area is 235 Å². The minimum atomic E-state index is -0.498. The number of carbonyl (C=O) groups is 2. The highest BCUT2D eigenvalue weighted by Crippen LogP contribution is 2.48. The van der Waals surface area contributed by atoms with Crippen molar-refractivity contribution in [3.63, 3.8) is 0 Å². The normalized spacial score (nSPS) is 23.4. The number of ketones is 1. The first-order valence-corrected chi connectivity index (χ1v) is 14.3. The molecule has 3 atom stereocenters. The molecule has 3 aliphatic rings. The first kappa shape index (κ1) is 26.4. The third kappa shape index (κ3) is 4.73. The molecule has 1 saturated heterocycles. The van der Waals surface area contributed by atoms with Crippen molar-refractivity contribution >= 4 is 22.7 Å². The summed E-state index contributed by atoms with van der Waals surface area (Å²) in [6.45, 7) is 6.79. The van der Waals surface area contributed by atoms with E-state index in [1.165, 1.54) is 0 Å². The van der Waals surface area contributed by atoms with E-state index in [1.54, 1.807) is 7.11 Å². The Bertz CT molecular complexity index is 1520. The van der Waals surface area contributed by atoms with Crippen molar-refractivity contribution in [3.05, 3.63) is 88.4 Å².